The molecule has 0 saturated heterocycles. The first-order chi connectivity index (χ1) is 18.5. The smallest absolute Gasteiger partial charge is 0.118 e. The average molecular weight is 301 g/mol. The van der Waals surface area contributed by atoms with E-state index in [1.807, 2.05) is 0 Å². The van der Waals surface area contributed by atoms with Crippen LogP contribution in [-0.4, -0.2) is 43.2 Å². The van der Waals surface area contributed by atoms with Crippen molar-refractivity contribution in [2.45, 2.75) is 43.4 Å². The van der Waals surface area contributed by atoms with E-state index in [1.54, 1.807) is 0 Å². The molecule has 1 saturated carbocycles. The number of aliphatic hydroxyl groups is 1. The summed E-state index contributed by atoms with van der Waals surface area (Å²) in [5.74, 6) is -5.99. The first kappa shape index (κ1) is 3.31. The Hall–Kier alpha value is -1.06. The molecule has 0 spiro atoms. The van der Waals surface area contributed by atoms with Crippen molar-refractivity contribution in [2.75, 3.05) is 27.6 Å². The molecule has 112 valence electrons. The Morgan fingerprint density at radius 1 is 1.50 bits per heavy atom. The van der Waals surface area contributed by atoms with Crippen molar-refractivity contribution in [3.8, 4) is 5.75 Å². The Morgan fingerprint density at radius 3 is 2.80 bits per heavy atom. The third-order valence-corrected chi connectivity index (χ3v) is 2.21. The van der Waals surface area contributed by atoms with E-state index >= 15 is 0 Å². The van der Waals surface area contributed by atoms with E-state index in [-0.39, 0.29) is 4.90 Å². The monoisotopic (exact) mass is 300 g/mol. The van der Waals surface area contributed by atoms with Gasteiger partial charge in [-0.2, -0.15) is 0 Å². The summed E-state index contributed by atoms with van der Waals surface area (Å²) in [7, 11) is -3.02. The Balaban J connectivity index is 3.43. The van der Waals surface area contributed by atoms with E-state index in [2.05, 4.69) is 4.74 Å². The van der Waals surface area contributed by atoms with Crippen LogP contribution in [-0.2, 0) is 0 Å². The minimum atomic E-state index is -4.95. The maximum Gasteiger partial charge on any atom is 0.118 e. The van der Waals surface area contributed by atoms with Gasteiger partial charge in [0.2, 0.25) is 0 Å². The zero-order chi connectivity index (χ0) is 34.7. The van der Waals surface area contributed by atoms with E-state index in [9.17, 15) is 6.48 Å². The number of hydrogen-bond acceptors (Lipinski definition) is 3. The summed E-state index contributed by atoms with van der Waals surface area (Å²) in [6, 6.07) is -6.43. The molecule has 3 heteroatoms. The van der Waals surface area contributed by atoms with Gasteiger partial charge in [-0.3, -0.25) is 0 Å². The van der Waals surface area contributed by atoms with Gasteiger partial charge in [0.1, 0.15) is 5.75 Å². The molecule has 3 nitrogen and oxygen atoms in total. The molecule has 0 heterocycles. The fourth-order valence-corrected chi connectivity index (χ4v) is 1.39. The van der Waals surface area contributed by atoms with Gasteiger partial charge in [0.15, 0.2) is 0 Å². The largest absolute Gasteiger partial charge is 0.497 e. The molecule has 1 atom stereocenters. The summed E-state index contributed by atoms with van der Waals surface area (Å²) in [5.41, 5.74) is -6.81. The van der Waals surface area contributed by atoms with Crippen LogP contribution in [0.15, 0.2) is 24.2 Å². The third-order valence-electron chi connectivity index (χ3n) is 2.21. The van der Waals surface area contributed by atoms with Crippen molar-refractivity contribution < 1.29 is 41.4 Å². The first-order valence-electron chi connectivity index (χ1n) is 16.8. The van der Waals surface area contributed by atoms with Crippen LogP contribution in [0, 0.1) is 0 Å². The Kier molecular flexibility index (Phi) is 1.09. The van der Waals surface area contributed by atoms with Crippen molar-refractivity contribution in [3.05, 3.63) is 29.7 Å². The first-order valence-corrected chi connectivity index (χ1v) is 5.28. The lowest BCUT2D eigenvalue weighted by Crippen LogP contribution is -2.42. The molecule has 0 bridgehead atoms. The highest BCUT2D eigenvalue weighted by Gasteiger charge is 2.38. The topological polar surface area (TPSA) is 32.7 Å². The van der Waals surface area contributed by atoms with Gasteiger partial charge < -0.3 is 14.7 Å². The predicted octanol–water partition coefficient (Wildman–Crippen LogP) is 3.04. The number of hydrogen-bond donors (Lipinski definition) is 1. The van der Waals surface area contributed by atoms with Gasteiger partial charge in [-0.25, -0.2) is 0 Å². The maximum absolute atomic E-state index is 12.1. The number of nitrogens with zero attached hydrogens (tertiary/aromatic N) is 1. The van der Waals surface area contributed by atoms with Crippen molar-refractivity contribution in [3.63, 3.8) is 0 Å². The highest BCUT2D eigenvalue weighted by atomic mass is 16.5. The number of ether oxygens (including phenoxy) is 1. The Labute approximate surface area is 154 Å². The second-order valence-corrected chi connectivity index (χ2v) is 3.69. The fraction of sp³-hybridized carbons (Fsp3) is 0.647. The second-order valence-electron chi connectivity index (χ2n) is 3.69. The minimum absolute atomic E-state index is 0.384. The normalized spacial score (nSPS) is 52.9. The molecule has 0 radical (unpaired) electrons. The summed E-state index contributed by atoms with van der Waals surface area (Å²) in [5, 5.41) is 12.1. The zero-order valence-corrected chi connectivity index (χ0v) is 10.3. The lowest BCUT2D eigenvalue weighted by Gasteiger charge is -2.40. The van der Waals surface area contributed by atoms with Crippen LogP contribution in [0.4, 0.5) is 0 Å². The van der Waals surface area contributed by atoms with E-state index in [1.165, 1.54) is 0 Å². The molecule has 1 aromatic rings. The number of benzene rings is 1. The van der Waals surface area contributed by atoms with Crippen molar-refractivity contribution in [1.29, 1.82) is 0 Å². The summed E-state index contributed by atoms with van der Waals surface area (Å²) < 4.78 is 192. The summed E-state index contributed by atoms with van der Waals surface area (Å²) in [4.78, 5) is -0.384. The van der Waals surface area contributed by atoms with Crippen molar-refractivity contribution >= 4 is 0 Å². The molecule has 1 fully saturated rings. The molecular formula is C17H27NO2. The van der Waals surface area contributed by atoms with Crippen LogP contribution < -0.4 is 4.74 Å². The summed E-state index contributed by atoms with van der Waals surface area (Å²) >= 11 is 0. The summed E-state index contributed by atoms with van der Waals surface area (Å²) in [6.45, 7) is -7.99. The van der Waals surface area contributed by atoms with Gasteiger partial charge in [-0.1, -0.05) is 31.2 Å². The molecule has 1 aliphatic carbocycles. The molecule has 0 aromatic heterocycles. The van der Waals surface area contributed by atoms with Gasteiger partial charge in [0.25, 0.3) is 0 Å². The van der Waals surface area contributed by atoms with Crippen molar-refractivity contribution in [2.24, 2.45) is 0 Å². The van der Waals surface area contributed by atoms with Crippen LogP contribution in [0.25, 0.3) is 0 Å². The van der Waals surface area contributed by atoms with E-state index < -0.39 is 99.4 Å². The second kappa shape index (κ2) is 6.59. The molecular weight excluding hydrogens is 250 g/mol. The minimum Gasteiger partial charge on any atom is -0.497 e. The highest BCUT2D eigenvalue weighted by molar-refractivity contribution is 5.31. The number of methoxy groups -OCH3 is 1. The van der Waals surface area contributed by atoms with Gasteiger partial charge in [0, 0.05) is 34.3 Å². The maximum atomic E-state index is 12.1. The van der Waals surface area contributed by atoms with Crippen LogP contribution in [0.1, 0.15) is 74.8 Å². The zero-order valence-electron chi connectivity index (χ0n) is 33.3. The van der Waals surface area contributed by atoms with Crippen LogP contribution >= 0.6 is 0 Å². The molecule has 1 aromatic carbocycles. The molecule has 0 aliphatic heterocycles. The van der Waals surface area contributed by atoms with Crippen LogP contribution in [0.2, 0.25) is 0 Å². The van der Waals surface area contributed by atoms with Gasteiger partial charge in [0.05, 0.1) is 22.2 Å². The van der Waals surface area contributed by atoms with Gasteiger partial charge in [-0.05, 0) is 44.4 Å². The fourth-order valence-electron chi connectivity index (χ4n) is 1.39. The van der Waals surface area contributed by atoms with E-state index in [0.29, 0.717) is 7.05 Å². The molecule has 1 aliphatic rings. The number of likely N-dealkylation sites (N-methyl/N-ethyl adjacent to an activating group) is 1. The van der Waals surface area contributed by atoms with Crippen molar-refractivity contribution in [1.82, 2.24) is 4.90 Å². The molecule has 0 unspecified atom stereocenters. The standard InChI is InChI=1S/C17H27NO2/c1-18(2)13-16(17(19)11-5-4-6-12-17)14-7-9-15(20-3)10-8-14/h7-10,16,19H,4-6,11-13H2,1-3H3/t16-/m1/s1/i1D3,3D3,4D2,5D2,6D2,7D,8D,9D,10D,11D2,12D2,13D2,16D. The van der Waals surface area contributed by atoms with Gasteiger partial charge >= 0.3 is 0 Å². The predicted molar refractivity (Wildman–Crippen MR) is 82.3 cm³/mol. The van der Waals surface area contributed by atoms with E-state index in [4.69, 9.17) is 30.2 Å². The SMILES string of the molecule is [2H]c1c([2H])c([C@@]([2H])(C([2H])([2H])N(C)C([2H])([2H])[2H])C2(O)C([2H])([2H])C([2H])([2H])C([2H])([2H])C([2H])([2H])C2([2H])[2H])c([2H])c([2H])c1OC([2H])([2H])[2H]. The molecule has 20 heavy (non-hydrogen) atoms. The highest BCUT2D eigenvalue weighted by Crippen LogP contribution is 2.40. The Morgan fingerprint density at radius 2 is 2.20 bits per heavy atom. The molecule has 0 amide bonds. The third kappa shape index (κ3) is 3.53. The van der Waals surface area contributed by atoms with Crippen LogP contribution in [0.3, 0.4) is 0 Å². The lowest BCUT2D eigenvalue weighted by molar-refractivity contribution is -0.0277. The average Bonchev–Trinajstić information content (AvgIpc) is 2.81. The van der Waals surface area contributed by atoms with E-state index in [0.717, 1.165) is 0 Å². The number of rotatable bonds is 5. The quantitative estimate of drug-likeness (QED) is 0.907. The Bertz CT molecular complexity index is 1220. The summed E-state index contributed by atoms with van der Waals surface area (Å²) in [6.07, 6.45) is -22.2. The molecule has 2 rings (SSSR count). The van der Waals surface area contributed by atoms with Crippen LogP contribution in [0.5, 0.6) is 5.75 Å². The molecule has 1 N–H and O–H groups in total. The lowest BCUT2D eigenvalue weighted by atomic mass is 9.72. The van der Waals surface area contributed by atoms with Gasteiger partial charge in [-0.15, -0.1) is 0 Å².